The molecule has 0 unspecified atom stereocenters. The number of hydrogen-bond acceptors (Lipinski definition) is 5. The fourth-order valence-corrected chi connectivity index (χ4v) is 3.47. The van der Waals surface area contributed by atoms with Crippen LogP contribution in [0.3, 0.4) is 0 Å². The number of carboxylic acid groups (broad SMARTS) is 1. The van der Waals surface area contributed by atoms with Gasteiger partial charge in [0.25, 0.3) is 5.91 Å². The van der Waals surface area contributed by atoms with Gasteiger partial charge in [0.1, 0.15) is 0 Å². The first kappa shape index (κ1) is 18.5. The van der Waals surface area contributed by atoms with E-state index in [9.17, 15) is 19.5 Å². The average molecular weight is 372 g/mol. The number of aromatic amines is 1. The van der Waals surface area contributed by atoms with Crippen molar-refractivity contribution < 1.29 is 24.2 Å². The summed E-state index contributed by atoms with van der Waals surface area (Å²) < 4.78 is 10.7. The number of ether oxygens (including phenoxy) is 2. The standard InChI is InChI=1S/C19H20N2O6/c1-26-15-5-3-4-12(17(15)27-2)13-9-21(10-14(13)19(24)25)18(23)11-6-7-16(22)20-8-11/h3-8,13-14H,9-10H2,1-2H3,(H,20,22)(H,24,25)/t13-,14+/m0/s1. The Bertz CT molecular complexity index is 902. The maximum absolute atomic E-state index is 12.7. The minimum atomic E-state index is -0.985. The van der Waals surface area contributed by atoms with Crippen molar-refractivity contribution in [3.63, 3.8) is 0 Å². The number of carbonyl (C=O) groups excluding carboxylic acids is 1. The molecule has 142 valence electrons. The van der Waals surface area contributed by atoms with E-state index in [2.05, 4.69) is 4.98 Å². The number of aromatic nitrogens is 1. The van der Waals surface area contributed by atoms with Crippen molar-refractivity contribution in [2.45, 2.75) is 5.92 Å². The van der Waals surface area contributed by atoms with E-state index in [-0.39, 0.29) is 24.6 Å². The van der Waals surface area contributed by atoms with Gasteiger partial charge in [0.15, 0.2) is 11.5 Å². The van der Waals surface area contributed by atoms with Gasteiger partial charge < -0.3 is 24.5 Å². The van der Waals surface area contributed by atoms with E-state index in [0.717, 1.165) is 0 Å². The number of likely N-dealkylation sites (tertiary alicyclic amines) is 1. The number of nitrogens with zero attached hydrogens (tertiary/aromatic N) is 1. The molecule has 1 aliphatic rings. The lowest BCUT2D eigenvalue weighted by Crippen LogP contribution is -2.30. The zero-order valence-electron chi connectivity index (χ0n) is 15.0. The SMILES string of the molecule is COc1cccc([C@@H]2CN(C(=O)c3ccc(=O)[nH]c3)C[C@H]2C(=O)O)c1OC. The van der Waals surface area contributed by atoms with Crippen LogP contribution in [0.15, 0.2) is 41.3 Å². The van der Waals surface area contributed by atoms with Gasteiger partial charge in [-0.05, 0) is 12.1 Å². The minimum Gasteiger partial charge on any atom is -0.493 e. The van der Waals surface area contributed by atoms with Gasteiger partial charge in [0.2, 0.25) is 5.56 Å². The lowest BCUT2D eigenvalue weighted by Gasteiger charge is -2.20. The second-order valence-electron chi connectivity index (χ2n) is 6.29. The lowest BCUT2D eigenvalue weighted by atomic mass is 9.88. The number of aliphatic carboxylic acids is 1. The Kier molecular flexibility index (Phi) is 5.16. The third-order valence-corrected chi connectivity index (χ3v) is 4.79. The second kappa shape index (κ2) is 7.53. The molecule has 0 radical (unpaired) electrons. The molecule has 0 spiro atoms. The lowest BCUT2D eigenvalue weighted by molar-refractivity contribution is -0.141. The highest BCUT2D eigenvalue weighted by Crippen LogP contribution is 2.42. The molecule has 1 amide bonds. The fraction of sp³-hybridized carbons (Fsp3) is 0.316. The molecule has 1 fully saturated rings. The highest BCUT2D eigenvalue weighted by molar-refractivity contribution is 5.94. The number of pyridine rings is 1. The van der Waals surface area contributed by atoms with Crippen LogP contribution in [0, 0.1) is 5.92 Å². The third-order valence-electron chi connectivity index (χ3n) is 4.79. The molecule has 1 saturated heterocycles. The van der Waals surface area contributed by atoms with Crippen LogP contribution >= 0.6 is 0 Å². The van der Waals surface area contributed by atoms with E-state index < -0.39 is 17.8 Å². The zero-order valence-corrected chi connectivity index (χ0v) is 15.0. The van der Waals surface area contributed by atoms with E-state index >= 15 is 0 Å². The van der Waals surface area contributed by atoms with Gasteiger partial charge in [-0.15, -0.1) is 0 Å². The zero-order chi connectivity index (χ0) is 19.6. The van der Waals surface area contributed by atoms with E-state index in [4.69, 9.17) is 9.47 Å². The van der Waals surface area contributed by atoms with Gasteiger partial charge in [-0.1, -0.05) is 12.1 Å². The van der Waals surface area contributed by atoms with E-state index in [0.29, 0.717) is 22.6 Å². The second-order valence-corrected chi connectivity index (χ2v) is 6.29. The highest BCUT2D eigenvalue weighted by Gasteiger charge is 2.42. The molecule has 2 N–H and O–H groups in total. The van der Waals surface area contributed by atoms with Crippen LogP contribution in [0.1, 0.15) is 21.8 Å². The van der Waals surface area contributed by atoms with Crippen molar-refractivity contribution in [2.24, 2.45) is 5.92 Å². The third kappa shape index (κ3) is 3.51. The Morgan fingerprint density at radius 3 is 2.52 bits per heavy atom. The van der Waals surface area contributed by atoms with Crippen LogP contribution in [0.4, 0.5) is 0 Å². The topological polar surface area (TPSA) is 109 Å². The van der Waals surface area contributed by atoms with Crippen LogP contribution < -0.4 is 15.0 Å². The number of methoxy groups -OCH3 is 2. The maximum Gasteiger partial charge on any atom is 0.308 e. The van der Waals surface area contributed by atoms with Gasteiger partial charge in [-0.25, -0.2) is 0 Å². The Balaban J connectivity index is 1.94. The van der Waals surface area contributed by atoms with Gasteiger partial charge in [-0.2, -0.15) is 0 Å². The smallest absolute Gasteiger partial charge is 0.308 e. The molecule has 27 heavy (non-hydrogen) atoms. The van der Waals surface area contributed by atoms with Crippen LogP contribution in [-0.2, 0) is 4.79 Å². The van der Waals surface area contributed by atoms with Crippen LogP contribution in [-0.4, -0.2) is 54.2 Å². The number of hydrogen-bond donors (Lipinski definition) is 2. The summed E-state index contributed by atoms with van der Waals surface area (Å²) in [6.45, 7) is 0.288. The summed E-state index contributed by atoms with van der Waals surface area (Å²) in [4.78, 5) is 39.7. The number of benzene rings is 1. The van der Waals surface area contributed by atoms with Crippen LogP contribution in [0.5, 0.6) is 11.5 Å². The fourth-order valence-electron chi connectivity index (χ4n) is 3.47. The molecule has 0 aliphatic carbocycles. The van der Waals surface area contributed by atoms with Crippen molar-refractivity contribution in [1.29, 1.82) is 0 Å². The summed E-state index contributed by atoms with van der Waals surface area (Å²) in [5.74, 6) is -1.57. The Labute approximate surface area is 155 Å². The normalized spacial score (nSPS) is 19.0. The largest absolute Gasteiger partial charge is 0.493 e. The first-order chi connectivity index (χ1) is 13.0. The molecule has 8 nitrogen and oxygen atoms in total. The molecule has 0 bridgehead atoms. The maximum atomic E-state index is 12.7. The Hall–Kier alpha value is -3.29. The van der Waals surface area contributed by atoms with Crippen LogP contribution in [0.2, 0.25) is 0 Å². The highest BCUT2D eigenvalue weighted by atomic mass is 16.5. The molecule has 2 aromatic rings. The number of carbonyl (C=O) groups is 2. The minimum absolute atomic E-state index is 0.0678. The number of rotatable bonds is 5. The summed E-state index contributed by atoms with van der Waals surface area (Å²) in [5.41, 5.74) is 0.674. The summed E-state index contributed by atoms with van der Waals surface area (Å²) in [7, 11) is 3.01. The molecule has 3 rings (SSSR count). The summed E-state index contributed by atoms with van der Waals surface area (Å²) >= 11 is 0. The van der Waals surface area contributed by atoms with Crippen LogP contribution in [0.25, 0.3) is 0 Å². The predicted octanol–water partition coefficient (Wildman–Crippen LogP) is 1.33. The predicted molar refractivity (Wildman–Crippen MR) is 96.4 cm³/mol. The molecule has 2 atom stereocenters. The van der Waals surface area contributed by atoms with E-state index in [1.54, 1.807) is 18.2 Å². The van der Waals surface area contributed by atoms with E-state index in [1.165, 1.54) is 37.4 Å². The molecular formula is C19H20N2O6. The molecule has 8 heteroatoms. The van der Waals surface area contributed by atoms with Gasteiger partial charge in [-0.3, -0.25) is 14.4 Å². The average Bonchev–Trinajstić information content (AvgIpc) is 3.12. The molecule has 0 saturated carbocycles. The van der Waals surface area contributed by atoms with Gasteiger partial charge >= 0.3 is 5.97 Å². The molecule has 2 heterocycles. The summed E-state index contributed by atoms with van der Waals surface area (Å²) in [6, 6.07) is 7.98. The summed E-state index contributed by atoms with van der Waals surface area (Å²) in [6.07, 6.45) is 1.33. The molecule has 1 aliphatic heterocycles. The van der Waals surface area contributed by atoms with Gasteiger partial charge in [0, 0.05) is 36.8 Å². The van der Waals surface area contributed by atoms with Crippen molar-refractivity contribution in [3.8, 4) is 11.5 Å². The van der Waals surface area contributed by atoms with Crippen molar-refractivity contribution >= 4 is 11.9 Å². The number of H-pyrrole nitrogens is 1. The molecule has 1 aromatic carbocycles. The van der Waals surface area contributed by atoms with E-state index in [1.807, 2.05) is 0 Å². The number of para-hydroxylation sites is 1. The van der Waals surface area contributed by atoms with Crippen molar-refractivity contribution in [3.05, 3.63) is 58.0 Å². The number of amides is 1. The Morgan fingerprint density at radius 2 is 1.93 bits per heavy atom. The Morgan fingerprint density at radius 1 is 1.15 bits per heavy atom. The molecular weight excluding hydrogens is 352 g/mol. The first-order valence-electron chi connectivity index (χ1n) is 8.38. The molecule has 1 aromatic heterocycles. The number of nitrogens with one attached hydrogen (secondary N) is 1. The number of carboxylic acids is 1. The quantitative estimate of drug-likeness (QED) is 0.820. The summed E-state index contributed by atoms with van der Waals surface area (Å²) in [5, 5.41) is 9.68. The van der Waals surface area contributed by atoms with Crippen molar-refractivity contribution in [1.82, 2.24) is 9.88 Å². The monoisotopic (exact) mass is 372 g/mol. The first-order valence-corrected chi connectivity index (χ1v) is 8.38. The van der Waals surface area contributed by atoms with Crippen molar-refractivity contribution in [2.75, 3.05) is 27.3 Å². The van der Waals surface area contributed by atoms with Gasteiger partial charge in [0.05, 0.1) is 25.7 Å².